The van der Waals surface area contributed by atoms with Crippen molar-refractivity contribution >= 4 is 38.7 Å². The van der Waals surface area contributed by atoms with Crippen LogP contribution < -0.4 is 10.5 Å². The van der Waals surface area contributed by atoms with Crippen LogP contribution in [0, 0.1) is 6.92 Å². The zero-order chi connectivity index (χ0) is 15.6. The van der Waals surface area contributed by atoms with Crippen LogP contribution in [0.4, 0.5) is 11.4 Å². The number of hydrogen-bond acceptors (Lipinski definition) is 6. The third kappa shape index (κ3) is 3.17. The van der Waals surface area contributed by atoms with Gasteiger partial charge in [0, 0.05) is 5.69 Å². The summed E-state index contributed by atoms with van der Waals surface area (Å²) in [5.74, 6) is -0.580. The molecule has 0 saturated heterocycles. The van der Waals surface area contributed by atoms with Gasteiger partial charge in [-0.3, -0.25) is 4.72 Å². The van der Waals surface area contributed by atoms with Gasteiger partial charge in [0.1, 0.15) is 4.88 Å². The van der Waals surface area contributed by atoms with Crippen LogP contribution in [0.5, 0.6) is 0 Å². The number of nitrogens with one attached hydrogen (secondary N) is 1. The fraction of sp³-hybridized carbons (Fsp3) is 0.154. The molecule has 0 aliphatic heterocycles. The van der Waals surface area contributed by atoms with E-state index in [9.17, 15) is 13.2 Å². The van der Waals surface area contributed by atoms with Crippen molar-refractivity contribution in [2.75, 3.05) is 17.6 Å². The number of ether oxygens (including phenoxy) is 1. The van der Waals surface area contributed by atoms with Gasteiger partial charge in [0.2, 0.25) is 0 Å². The van der Waals surface area contributed by atoms with Crippen LogP contribution >= 0.6 is 11.3 Å². The Kier molecular flexibility index (Phi) is 4.19. The number of methoxy groups -OCH3 is 1. The first-order valence-electron chi connectivity index (χ1n) is 5.90. The van der Waals surface area contributed by atoms with Crippen molar-refractivity contribution in [2.24, 2.45) is 0 Å². The van der Waals surface area contributed by atoms with E-state index in [1.54, 1.807) is 12.3 Å². The molecule has 0 unspecified atom stereocenters. The molecule has 2 aromatic rings. The van der Waals surface area contributed by atoms with E-state index in [2.05, 4.69) is 9.46 Å². The summed E-state index contributed by atoms with van der Waals surface area (Å²) in [4.78, 5) is 11.9. The third-order valence-corrected chi connectivity index (χ3v) is 5.22. The standard InChI is InChI=1S/C13H14N2O4S2/c1-8-7-20-12(13(16)19-2)11(8)15-21(17,18)10-5-3-9(14)4-6-10/h3-7,15H,14H2,1-2H3. The van der Waals surface area contributed by atoms with E-state index in [1.807, 2.05) is 0 Å². The van der Waals surface area contributed by atoms with E-state index in [-0.39, 0.29) is 15.5 Å². The number of nitrogen functional groups attached to an aromatic ring is 1. The van der Waals surface area contributed by atoms with Gasteiger partial charge in [-0.25, -0.2) is 13.2 Å². The normalized spacial score (nSPS) is 11.1. The molecule has 0 bridgehead atoms. The van der Waals surface area contributed by atoms with Crippen molar-refractivity contribution < 1.29 is 17.9 Å². The van der Waals surface area contributed by atoms with Crippen LogP contribution in [-0.2, 0) is 14.8 Å². The first-order valence-corrected chi connectivity index (χ1v) is 8.26. The SMILES string of the molecule is COC(=O)c1scc(C)c1NS(=O)(=O)c1ccc(N)cc1. The van der Waals surface area contributed by atoms with Crippen LogP contribution in [-0.4, -0.2) is 21.5 Å². The molecule has 1 aromatic heterocycles. The zero-order valence-corrected chi connectivity index (χ0v) is 13.0. The number of rotatable bonds is 4. The zero-order valence-electron chi connectivity index (χ0n) is 11.4. The predicted molar refractivity (Wildman–Crippen MR) is 82.1 cm³/mol. The van der Waals surface area contributed by atoms with Gasteiger partial charge in [0.25, 0.3) is 10.0 Å². The first-order chi connectivity index (χ1) is 9.85. The fourth-order valence-electron chi connectivity index (χ4n) is 1.65. The lowest BCUT2D eigenvalue weighted by Crippen LogP contribution is -2.15. The maximum absolute atomic E-state index is 12.3. The number of benzene rings is 1. The monoisotopic (exact) mass is 326 g/mol. The summed E-state index contributed by atoms with van der Waals surface area (Å²) in [7, 11) is -2.55. The largest absolute Gasteiger partial charge is 0.465 e. The minimum absolute atomic E-state index is 0.0677. The maximum Gasteiger partial charge on any atom is 0.350 e. The number of esters is 1. The Labute approximate surface area is 126 Å². The summed E-state index contributed by atoms with van der Waals surface area (Å²) in [6.07, 6.45) is 0. The predicted octanol–water partition coefficient (Wildman–Crippen LogP) is 2.23. The number of aryl methyl sites for hydroxylation is 1. The molecular weight excluding hydrogens is 312 g/mol. The molecule has 6 nitrogen and oxygen atoms in total. The molecule has 0 aliphatic carbocycles. The van der Waals surface area contributed by atoms with Crippen molar-refractivity contribution in [3.8, 4) is 0 Å². The number of anilines is 2. The maximum atomic E-state index is 12.3. The Morgan fingerprint density at radius 3 is 2.48 bits per heavy atom. The second-order valence-electron chi connectivity index (χ2n) is 4.29. The van der Waals surface area contributed by atoms with Gasteiger partial charge >= 0.3 is 5.97 Å². The van der Waals surface area contributed by atoms with E-state index in [0.29, 0.717) is 11.3 Å². The van der Waals surface area contributed by atoms with Gasteiger partial charge in [-0.05, 0) is 42.1 Å². The van der Waals surface area contributed by atoms with Crippen LogP contribution in [0.15, 0.2) is 34.5 Å². The topological polar surface area (TPSA) is 98.5 Å². The quantitative estimate of drug-likeness (QED) is 0.663. The number of carbonyl (C=O) groups excluding carboxylic acids is 1. The summed E-state index contributed by atoms with van der Waals surface area (Å²) in [5.41, 5.74) is 6.90. The minimum atomic E-state index is -3.79. The van der Waals surface area contributed by atoms with Gasteiger partial charge in [0.05, 0.1) is 17.7 Å². The first kappa shape index (κ1) is 15.3. The van der Waals surface area contributed by atoms with Gasteiger partial charge in [0.15, 0.2) is 0 Å². The van der Waals surface area contributed by atoms with Crippen molar-refractivity contribution in [1.82, 2.24) is 0 Å². The molecule has 8 heteroatoms. The van der Waals surface area contributed by atoms with Crippen molar-refractivity contribution in [3.63, 3.8) is 0 Å². The molecular formula is C13H14N2O4S2. The molecule has 0 amide bonds. The number of thiophene rings is 1. The van der Waals surface area contributed by atoms with Crippen molar-refractivity contribution in [2.45, 2.75) is 11.8 Å². The number of hydrogen-bond donors (Lipinski definition) is 2. The highest BCUT2D eigenvalue weighted by molar-refractivity contribution is 7.92. The molecule has 0 radical (unpaired) electrons. The van der Waals surface area contributed by atoms with E-state index in [1.165, 1.54) is 31.4 Å². The summed E-state index contributed by atoms with van der Waals surface area (Å²) in [6.45, 7) is 1.71. The van der Waals surface area contributed by atoms with Gasteiger partial charge < -0.3 is 10.5 Å². The molecule has 2 rings (SSSR count). The summed E-state index contributed by atoms with van der Waals surface area (Å²) in [6, 6.07) is 5.79. The Bertz CT molecular complexity index is 764. The second kappa shape index (κ2) is 5.74. The van der Waals surface area contributed by atoms with E-state index >= 15 is 0 Å². The lowest BCUT2D eigenvalue weighted by Gasteiger charge is -2.10. The molecule has 3 N–H and O–H groups in total. The molecule has 1 aromatic carbocycles. The molecule has 0 saturated carbocycles. The molecule has 0 atom stereocenters. The smallest absolute Gasteiger partial charge is 0.350 e. The minimum Gasteiger partial charge on any atom is -0.465 e. The Morgan fingerprint density at radius 1 is 1.29 bits per heavy atom. The number of carbonyl (C=O) groups is 1. The third-order valence-electron chi connectivity index (χ3n) is 2.77. The highest BCUT2D eigenvalue weighted by atomic mass is 32.2. The Hall–Kier alpha value is -2.06. The summed E-state index contributed by atoms with van der Waals surface area (Å²) < 4.78 is 31.7. The van der Waals surface area contributed by atoms with Crippen LogP contribution in [0.2, 0.25) is 0 Å². The summed E-state index contributed by atoms with van der Waals surface area (Å²) in [5, 5.41) is 1.69. The highest BCUT2D eigenvalue weighted by Gasteiger charge is 2.22. The molecule has 1 heterocycles. The van der Waals surface area contributed by atoms with Gasteiger partial charge in [-0.1, -0.05) is 0 Å². The highest BCUT2D eigenvalue weighted by Crippen LogP contribution is 2.30. The Morgan fingerprint density at radius 2 is 1.90 bits per heavy atom. The van der Waals surface area contributed by atoms with Crippen LogP contribution in [0.3, 0.4) is 0 Å². The average molecular weight is 326 g/mol. The lowest BCUT2D eigenvalue weighted by molar-refractivity contribution is 0.0607. The van der Waals surface area contributed by atoms with Crippen LogP contribution in [0.1, 0.15) is 15.2 Å². The number of nitrogens with two attached hydrogens (primary N) is 1. The molecule has 112 valence electrons. The fourth-order valence-corrected chi connectivity index (χ4v) is 3.78. The number of sulfonamides is 1. The summed E-state index contributed by atoms with van der Waals surface area (Å²) >= 11 is 1.13. The second-order valence-corrected chi connectivity index (χ2v) is 6.85. The average Bonchev–Trinajstić information content (AvgIpc) is 2.79. The van der Waals surface area contributed by atoms with Crippen LogP contribution in [0.25, 0.3) is 0 Å². The van der Waals surface area contributed by atoms with E-state index in [0.717, 1.165) is 11.3 Å². The van der Waals surface area contributed by atoms with Gasteiger partial charge in [-0.15, -0.1) is 11.3 Å². The van der Waals surface area contributed by atoms with Crippen molar-refractivity contribution in [1.29, 1.82) is 0 Å². The van der Waals surface area contributed by atoms with E-state index < -0.39 is 16.0 Å². The molecule has 0 fully saturated rings. The molecule has 21 heavy (non-hydrogen) atoms. The Balaban J connectivity index is 2.39. The van der Waals surface area contributed by atoms with E-state index in [4.69, 9.17) is 5.73 Å². The lowest BCUT2D eigenvalue weighted by atomic mass is 10.3. The van der Waals surface area contributed by atoms with Gasteiger partial charge in [-0.2, -0.15) is 0 Å². The molecule has 0 aliphatic rings. The molecule has 0 spiro atoms. The van der Waals surface area contributed by atoms with Crippen molar-refractivity contribution in [3.05, 3.63) is 40.1 Å².